The number of H-pyrrole nitrogens is 1. The van der Waals surface area contributed by atoms with Crippen LogP contribution in [0.5, 0.6) is 0 Å². The molecule has 3 rings (SSSR count). The molecular formula is C13H18N2O2S. The highest BCUT2D eigenvalue weighted by atomic mass is 32.2. The first-order chi connectivity index (χ1) is 8.76. The quantitative estimate of drug-likeness (QED) is 0.672. The predicted octanol–water partition coefficient (Wildman–Crippen LogP) is 2.72. The van der Waals surface area contributed by atoms with Crippen LogP contribution in [0.15, 0.2) is 11.4 Å². The fourth-order valence-corrected chi connectivity index (χ4v) is 4.45. The molecule has 2 bridgehead atoms. The molecule has 2 saturated carbocycles. The average molecular weight is 266 g/mol. The summed E-state index contributed by atoms with van der Waals surface area (Å²) in [6, 6.07) is 0. The molecule has 0 amide bonds. The van der Waals surface area contributed by atoms with E-state index in [2.05, 4.69) is 14.7 Å². The Hall–Kier alpha value is -0.970. The van der Waals surface area contributed by atoms with Gasteiger partial charge in [0.15, 0.2) is 5.16 Å². The molecule has 0 aliphatic heterocycles. The van der Waals surface area contributed by atoms with Gasteiger partial charge in [-0.05, 0) is 37.0 Å². The van der Waals surface area contributed by atoms with Crippen molar-refractivity contribution in [1.29, 1.82) is 0 Å². The molecular weight excluding hydrogens is 248 g/mol. The molecule has 2 aliphatic rings. The van der Waals surface area contributed by atoms with Crippen LogP contribution < -0.4 is 0 Å². The molecule has 0 unspecified atom stereocenters. The molecule has 1 aromatic rings. The van der Waals surface area contributed by atoms with Gasteiger partial charge in [-0.3, -0.25) is 0 Å². The van der Waals surface area contributed by atoms with Gasteiger partial charge in [0.1, 0.15) is 5.69 Å². The first kappa shape index (κ1) is 12.1. The number of nitrogens with one attached hydrogen (secondary N) is 1. The fourth-order valence-electron chi connectivity index (χ4n) is 3.36. The number of hydrogen-bond donors (Lipinski definition) is 1. The number of aromatic amines is 1. The average Bonchev–Trinajstić information content (AvgIpc) is 3.10. The molecule has 5 heteroatoms. The van der Waals surface area contributed by atoms with Crippen LogP contribution in [0.1, 0.15) is 36.2 Å². The van der Waals surface area contributed by atoms with Gasteiger partial charge in [-0.1, -0.05) is 18.2 Å². The van der Waals surface area contributed by atoms with E-state index in [0.717, 1.165) is 28.7 Å². The van der Waals surface area contributed by atoms with Gasteiger partial charge in [-0.25, -0.2) is 9.78 Å². The third-order valence-corrected chi connectivity index (χ3v) is 5.35. The zero-order valence-corrected chi connectivity index (χ0v) is 11.3. The van der Waals surface area contributed by atoms with Gasteiger partial charge in [-0.2, -0.15) is 0 Å². The molecule has 0 saturated heterocycles. The minimum absolute atomic E-state index is 0.353. The van der Waals surface area contributed by atoms with Crippen molar-refractivity contribution in [2.24, 2.45) is 17.8 Å². The maximum atomic E-state index is 11.3. The summed E-state index contributed by atoms with van der Waals surface area (Å²) in [5, 5.41) is 0.832. The Morgan fingerprint density at radius 2 is 2.44 bits per heavy atom. The Labute approximate surface area is 111 Å². The molecule has 1 heterocycles. The summed E-state index contributed by atoms with van der Waals surface area (Å²) in [6.07, 6.45) is 7.24. The van der Waals surface area contributed by atoms with E-state index in [9.17, 15) is 4.79 Å². The van der Waals surface area contributed by atoms with Crippen molar-refractivity contribution in [3.05, 3.63) is 11.9 Å². The number of carbonyl (C=O) groups is 1. The van der Waals surface area contributed by atoms with Crippen molar-refractivity contribution in [2.75, 3.05) is 12.9 Å². The van der Waals surface area contributed by atoms with Crippen LogP contribution in [0.4, 0.5) is 0 Å². The highest BCUT2D eigenvalue weighted by Crippen LogP contribution is 2.49. The lowest BCUT2D eigenvalue weighted by Crippen LogP contribution is -2.12. The maximum Gasteiger partial charge on any atom is 0.356 e. The number of esters is 1. The van der Waals surface area contributed by atoms with Crippen LogP contribution in [-0.4, -0.2) is 28.8 Å². The van der Waals surface area contributed by atoms with Crippen LogP contribution in [0, 0.1) is 17.8 Å². The lowest BCUT2D eigenvalue weighted by molar-refractivity contribution is 0.0594. The van der Waals surface area contributed by atoms with E-state index >= 15 is 0 Å². The van der Waals surface area contributed by atoms with Gasteiger partial charge in [0, 0.05) is 5.75 Å². The van der Waals surface area contributed by atoms with Crippen molar-refractivity contribution in [3.63, 3.8) is 0 Å². The number of fused-ring (bicyclic) bond motifs is 2. The second kappa shape index (κ2) is 4.96. The van der Waals surface area contributed by atoms with E-state index in [0.29, 0.717) is 5.69 Å². The summed E-state index contributed by atoms with van der Waals surface area (Å²) in [4.78, 5) is 18.5. The topological polar surface area (TPSA) is 55.0 Å². The lowest BCUT2D eigenvalue weighted by atomic mass is 9.90. The molecule has 4 nitrogen and oxygen atoms in total. The van der Waals surface area contributed by atoms with Crippen molar-refractivity contribution < 1.29 is 9.53 Å². The fraction of sp³-hybridized carbons (Fsp3) is 0.692. The number of thioether (sulfide) groups is 1. The molecule has 98 valence electrons. The Balaban J connectivity index is 1.54. The van der Waals surface area contributed by atoms with E-state index in [1.165, 1.54) is 32.8 Å². The molecule has 2 aliphatic carbocycles. The standard InChI is InChI=1S/C13H18N2O2S/c1-17-12(16)11-6-14-13(15-11)18-7-10-5-8-2-3-9(10)4-8/h6,8-10H,2-5,7H2,1H3,(H,14,15)/t8-,9-,10+/m0/s1. The summed E-state index contributed by atoms with van der Waals surface area (Å²) in [5.74, 6) is 3.55. The van der Waals surface area contributed by atoms with E-state index < -0.39 is 0 Å². The van der Waals surface area contributed by atoms with Gasteiger partial charge in [0.2, 0.25) is 0 Å². The summed E-state index contributed by atoms with van der Waals surface area (Å²) in [7, 11) is 1.38. The smallest absolute Gasteiger partial charge is 0.356 e. The van der Waals surface area contributed by atoms with E-state index in [1.54, 1.807) is 18.0 Å². The van der Waals surface area contributed by atoms with Crippen LogP contribution in [0.2, 0.25) is 0 Å². The van der Waals surface area contributed by atoms with Crippen LogP contribution in [0.25, 0.3) is 0 Å². The zero-order valence-electron chi connectivity index (χ0n) is 10.5. The van der Waals surface area contributed by atoms with Crippen LogP contribution in [0.3, 0.4) is 0 Å². The SMILES string of the molecule is COC(=O)c1cnc(SC[C@H]2C[C@H]3CC[C@H]2C3)[nH]1. The van der Waals surface area contributed by atoms with Crippen molar-refractivity contribution >= 4 is 17.7 Å². The summed E-state index contributed by atoms with van der Waals surface area (Å²) in [6.45, 7) is 0. The molecule has 0 radical (unpaired) electrons. The van der Waals surface area contributed by atoms with E-state index in [4.69, 9.17) is 0 Å². The molecule has 3 atom stereocenters. The van der Waals surface area contributed by atoms with Gasteiger partial charge >= 0.3 is 5.97 Å². The Kier molecular flexibility index (Phi) is 3.33. The van der Waals surface area contributed by atoms with Crippen molar-refractivity contribution in [2.45, 2.75) is 30.8 Å². The van der Waals surface area contributed by atoms with Gasteiger partial charge in [0.05, 0.1) is 13.3 Å². The van der Waals surface area contributed by atoms with Gasteiger partial charge < -0.3 is 9.72 Å². The maximum absolute atomic E-state index is 11.3. The molecule has 1 aromatic heterocycles. The monoisotopic (exact) mass is 266 g/mol. The number of methoxy groups -OCH3 is 1. The number of imidazole rings is 1. The molecule has 0 spiro atoms. The normalized spacial score (nSPS) is 29.7. The Morgan fingerprint density at radius 3 is 3.11 bits per heavy atom. The summed E-state index contributed by atoms with van der Waals surface area (Å²) >= 11 is 1.73. The molecule has 0 aromatic carbocycles. The van der Waals surface area contributed by atoms with Crippen LogP contribution in [-0.2, 0) is 4.74 Å². The summed E-state index contributed by atoms with van der Waals surface area (Å²) in [5.41, 5.74) is 0.438. The van der Waals surface area contributed by atoms with E-state index in [-0.39, 0.29) is 5.97 Å². The first-order valence-electron chi connectivity index (χ1n) is 6.52. The number of ether oxygens (including phenoxy) is 1. The highest BCUT2D eigenvalue weighted by Gasteiger charge is 2.39. The minimum Gasteiger partial charge on any atom is -0.464 e. The number of rotatable bonds is 4. The largest absolute Gasteiger partial charge is 0.464 e. The van der Waals surface area contributed by atoms with Crippen molar-refractivity contribution in [3.8, 4) is 0 Å². The predicted molar refractivity (Wildman–Crippen MR) is 69.6 cm³/mol. The number of carbonyl (C=O) groups excluding carboxylic acids is 1. The van der Waals surface area contributed by atoms with Crippen LogP contribution >= 0.6 is 11.8 Å². The zero-order chi connectivity index (χ0) is 12.5. The number of aromatic nitrogens is 2. The lowest BCUT2D eigenvalue weighted by Gasteiger charge is -2.20. The first-order valence-corrected chi connectivity index (χ1v) is 7.51. The molecule has 18 heavy (non-hydrogen) atoms. The van der Waals surface area contributed by atoms with Crippen molar-refractivity contribution in [1.82, 2.24) is 9.97 Å². The highest BCUT2D eigenvalue weighted by molar-refractivity contribution is 7.99. The van der Waals surface area contributed by atoms with Gasteiger partial charge in [-0.15, -0.1) is 0 Å². The molecule has 2 fully saturated rings. The number of hydrogen-bond acceptors (Lipinski definition) is 4. The number of nitrogens with zero attached hydrogens (tertiary/aromatic N) is 1. The minimum atomic E-state index is -0.353. The third kappa shape index (κ3) is 2.28. The van der Waals surface area contributed by atoms with Gasteiger partial charge in [0.25, 0.3) is 0 Å². The third-order valence-electron chi connectivity index (χ3n) is 4.28. The Morgan fingerprint density at radius 1 is 1.56 bits per heavy atom. The second-order valence-electron chi connectivity index (χ2n) is 5.34. The van der Waals surface area contributed by atoms with E-state index in [1.807, 2.05) is 0 Å². The Bertz CT molecular complexity index is 446. The molecule has 1 N–H and O–H groups in total. The second-order valence-corrected chi connectivity index (χ2v) is 6.35. The summed E-state index contributed by atoms with van der Waals surface area (Å²) < 4.78 is 4.65.